The SMILES string of the molecule is CC.CC(C)(F)OC1C=CC(N=C/C(=C\N)C2CCNCC2)=CC1. The lowest BCUT2D eigenvalue weighted by Gasteiger charge is -2.23. The Balaban J connectivity index is 0.00000139. The number of nitrogens with one attached hydrogen (secondary N) is 1. The lowest BCUT2D eigenvalue weighted by molar-refractivity contribution is -0.138. The second kappa shape index (κ2) is 10.4. The zero-order valence-electron chi connectivity index (χ0n) is 15.4. The number of rotatable bonds is 5. The van der Waals surface area contributed by atoms with E-state index in [1.807, 2.05) is 38.3 Å². The van der Waals surface area contributed by atoms with Crippen LogP contribution in [0.25, 0.3) is 0 Å². The van der Waals surface area contributed by atoms with Crippen molar-refractivity contribution < 1.29 is 9.13 Å². The Morgan fingerprint density at radius 2 is 2.04 bits per heavy atom. The molecular weight excluding hydrogens is 305 g/mol. The van der Waals surface area contributed by atoms with Crippen LogP contribution in [-0.4, -0.2) is 31.3 Å². The van der Waals surface area contributed by atoms with Crippen molar-refractivity contribution in [1.29, 1.82) is 0 Å². The van der Waals surface area contributed by atoms with Crippen molar-refractivity contribution >= 4 is 6.21 Å². The van der Waals surface area contributed by atoms with Gasteiger partial charge in [0, 0.05) is 6.21 Å². The van der Waals surface area contributed by atoms with E-state index in [1.165, 1.54) is 13.8 Å². The van der Waals surface area contributed by atoms with Gasteiger partial charge in [-0.2, -0.15) is 0 Å². The van der Waals surface area contributed by atoms with Crippen molar-refractivity contribution in [3.63, 3.8) is 0 Å². The van der Waals surface area contributed by atoms with Crippen LogP contribution < -0.4 is 11.1 Å². The van der Waals surface area contributed by atoms with Gasteiger partial charge in [-0.1, -0.05) is 26.0 Å². The third kappa shape index (κ3) is 7.41. The van der Waals surface area contributed by atoms with E-state index in [2.05, 4.69) is 10.3 Å². The number of hydrogen-bond acceptors (Lipinski definition) is 4. The highest BCUT2D eigenvalue weighted by Crippen LogP contribution is 2.22. The molecule has 24 heavy (non-hydrogen) atoms. The molecule has 5 heteroatoms. The second-order valence-corrected chi connectivity index (χ2v) is 6.19. The summed E-state index contributed by atoms with van der Waals surface area (Å²) in [7, 11) is 0. The first-order chi connectivity index (χ1) is 11.5. The Hall–Kier alpha value is -1.46. The van der Waals surface area contributed by atoms with Gasteiger partial charge in [-0.25, -0.2) is 4.39 Å². The highest BCUT2D eigenvalue weighted by molar-refractivity contribution is 5.80. The number of ether oxygens (including phenoxy) is 1. The smallest absolute Gasteiger partial charge is 0.204 e. The summed E-state index contributed by atoms with van der Waals surface area (Å²) in [6.07, 6.45) is 11.8. The van der Waals surface area contributed by atoms with Gasteiger partial charge in [0.15, 0.2) is 0 Å². The Labute approximate surface area is 145 Å². The van der Waals surface area contributed by atoms with Gasteiger partial charge in [0.25, 0.3) is 0 Å². The maximum absolute atomic E-state index is 13.4. The lowest BCUT2D eigenvalue weighted by Crippen LogP contribution is -2.29. The molecule has 4 nitrogen and oxygen atoms in total. The van der Waals surface area contributed by atoms with Crippen molar-refractivity contribution in [3.8, 4) is 0 Å². The van der Waals surface area contributed by atoms with Crippen LogP contribution in [0.4, 0.5) is 4.39 Å². The molecule has 0 aromatic heterocycles. The monoisotopic (exact) mass is 337 g/mol. The van der Waals surface area contributed by atoms with Crippen molar-refractivity contribution in [2.24, 2.45) is 16.6 Å². The van der Waals surface area contributed by atoms with E-state index in [0.29, 0.717) is 12.3 Å². The van der Waals surface area contributed by atoms with Gasteiger partial charge in [-0.15, -0.1) is 0 Å². The molecule has 1 saturated heterocycles. The molecule has 0 radical (unpaired) electrons. The highest BCUT2D eigenvalue weighted by Gasteiger charge is 2.21. The van der Waals surface area contributed by atoms with Crippen LogP contribution in [-0.2, 0) is 4.74 Å². The fraction of sp³-hybridized carbons (Fsp3) is 0.632. The van der Waals surface area contributed by atoms with Crippen LogP contribution in [0.2, 0.25) is 0 Å². The normalized spacial score (nSPS) is 23.0. The van der Waals surface area contributed by atoms with Crippen molar-refractivity contribution in [2.75, 3.05) is 13.1 Å². The van der Waals surface area contributed by atoms with E-state index in [1.54, 1.807) is 6.20 Å². The second-order valence-electron chi connectivity index (χ2n) is 6.19. The maximum Gasteiger partial charge on any atom is 0.204 e. The summed E-state index contributed by atoms with van der Waals surface area (Å²) >= 11 is 0. The number of nitrogens with zero attached hydrogens (tertiary/aromatic N) is 1. The van der Waals surface area contributed by atoms with Crippen molar-refractivity contribution in [1.82, 2.24) is 5.32 Å². The number of aliphatic imine (C=N–C) groups is 1. The first-order valence-electron chi connectivity index (χ1n) is 8.89. The average molecular weight is 337 g/mol. The zero-order chi connectivity index (χ0) is 18.0. The highest BCUT2D eigenvalue weighted by atomic mass is 19.2. The summed E-state index contributed by atoms with van der Waals surface area (Å²) in [6.45, 7) is 8.87. The van der Waals surface area contributed by atoms with Gasteiger partial charge >= 0.3 is 0 Å². The molecule has 1 heterocycles. The zero-order valence-corrected chi connectivity index (χ0v) is 15.4. The Kier molecular flexibility index (Phi) is 8.93. The van der Waals surface area contributed by atoms with Gasteiger partial charge in [0.1, 0.15) is 0 Å². The topological polar surface area (TPSA) is 59.6 Å². The van der Waals surface area contributed by atoms with Crippen LogP contribution in [0.3, 0.4) is 0 Å². The molecule has 1 aliphatic carbocycles. The summed E-state index contributed by atoms with van der Waals surface area (Å²) in [5.41, 5.74) is 7.69. The molecule has 0 amide bonds. The van der Waals surface area contributed by atoms with Crippen molar-refractivity contribution in [3.05, 3.63) is 35.7 Å². The minimum absolute atomic E-state index is 0.229. The summed E-state index contributed by atoms with van der Waals surface area (Å²) in [6, 6.07) is 0. The first kappa shape index (κ1) is 20.6. The molecule has 0 aromatic rings. The van der Waals surface area contributed by atoms with Gasteiger partial charge < -0.3 is 15.8 Å². The molecule has 136 valence electrons. The number of hydrogen-bond donors (Lipinski definition) is 2. The molecule has 1 fully saturated rings. The quantitative estimate of drug-likeness (QED) is 0.749. The summed E-state index contributed by atoms with van der Waals surface area (Å²) in [4.78, 5) is 4.49. The number of alkyl halides is 1. The van der Waals surface area contributed by atoms with Crippen LogP contribution in [0.15, 0.2) is 40.7 Å². The number of halogens is 1. The standard InChI is InChI=1S/C17H26FN3O.C2H6/c1-17(2,18)22-16-5-3-15(4-6-16)21-12-14(11-19)13-7-9-20-10-8-13;1-2/h3-5,11-13,16,20H,6-10,19H2,1-2H3;1-2H3/b14-11+,21-12?;. The van der Waals surface area contributed by atoms with Crippen LogP contribution >= 0.6 is 0 Å². The Bertz CT molecular complexity index is 483. The van der Waals surface area contributed by atoms with Crippen molar-refractivity contribution in [2.45, 2.75) is 58.9 Å². The van der Waals surface area contributed by atoms with Crippen LogP contribution in [0, 0.1) is 5.92 Å². The summed E-state index contributed by atoms with van der Waals surface area (Å²) in [5.74, 6) is -1.14. The predicted molar refractivity (Wildman–Crippen MR) is 99.6 cm³/mol. The summed E-state index contributed by atoms with van der Waals surface area (Å²) < 4.78 is 18.7. The number of nitrogens with two attached hydrogens (primary N) is 1. The predicted octanol–water partition coefficient (Wildman–Crippen LogP) is 3.86. The van der Waals surface area contributed by atoms with Gasteiger partial charge in [0.2, 0.25) is 5.85 Å². The minimum Gasteiger partial charge on any atom is -0.404 e. The fourth-order valence-corrected chi connectivity index (χ4v) is 2.72. The summed E-state index contributed by atoms with van der Waals surface area (Å²) in [5, 5.41) is 3.34. The van der Waals surface area contributed by atoms with E-state index in [-0.39, 0.29) is 6.10 Å². The number of allylic oxidation sites excluding steroid dienone is 2. The first-order valence-corrected chi connectivity index (χ1v) is 8.89. The molecule has 1 atom stereocenters. The minimum atomic E-state index is -1.62. The molecule has 0 saturated carbocycles. The average Bonchev–Trinajstić information content (AvgIpc) is 2.58. The molecule has 2 rings (SSSR count). The molecular formula is C19H32FN3O. The molecule has 2 aliphatic rings. The Morgan fingerprint density at radius 1 is 1.38 bits per heavy atom. The van der Waals surface area contributed by atoms with E-state index in [0.717, 1.165) is 37.2 Å². The molecule has 0 bridgehead atoms. The van der Waals surface area contributed by atoms with Gasteiger partial charge in [-0.3, -0.25) is 4.99 Å². The lowest BCUT2D eigenvalue weighted by atomic mass is 9.91. The van der Waals surface area contributed by atoms with Gasteiger partial charge in [0.05, 0.1) is 11.8 Å². The van der Waals surface area contributed by atoms with Crippen LogP contribution in [0.1, 0.15) is 47.0 Å². The third-order valence-corrected chi connectivity index (χ3v) is 3.84. The Morgan fingerprint density at radius 3 is 2.54 bits per heavy atom. The molecule has 0 aromatic carbocycles. The fourth-order valence-electron chi connectivity index (χ4n) is 2.72. The van der Waals surface area contributed by atoms with E-state index in [4.69, 9.17) is 10.5 Å². The van der Waals surface area contributed by atoms with Crippen LogP contribution in [0.5, 0.6) is 0 Å². The van der Waals surface area contributed by atoms with Gasteiger partial charge in [-0.05, 0) is 70.0 Å². The largest absolute Gasteiger partial charge is 0.404 e. The molecule has 3 N–H and O–H groups in total. The van der Waals surface area contributed by atoms with E-state index >= 15 is 0 Å². The third-order valence-electron chi connectivity index (χ3n) is 3.84. The molecule has 1 unspecified atom stereocenters. The maximum atomic E-state index is 13.4. The number of piperidine rings is 1. The molecule has 0 spiro atoms. The van der Waals surface area contributed by atoms with E-state index in [9.17, 15) is 4.39 Å². The van der Waals surface area contributed by atoms with E-state index < -0.39 is 5.85 Å². The molecule has 1 aliphatic heterocycles.